The van der Waals surface area contributed by atoms with Crippen LogP contribution in [0.2, 0.25) is 0 Å². The number of aromatic nitrogens is 2. The summed E-state index contributed by atoms with van der Waals surface area (Å²) >= 11 is 0. The van der Waals surface area contributed by atoms with E-state index in [0.717, 1.165) is 81.3 Å². The predicted octanol–water partition coefficient (Wildman–Crippen LogP) is 6.40. The Hall–Kier alpha value is -4.69. The number of piperidine rings is 1. The number of H-pyrrole nitrogens is 1. The molecular formula is C40H46N6O2. The molecule has 8 nitrogen and oxygen atoms in total. The topological polar surface area (TPSA) is 102 Å². The Bertz CT molecular complexity index is 1880. The van der Waals surface area contributed by atoms with Crippen molar-refractivity contribution in [1.29, 1.82) is 0 Å². The zero-order chi connectivity index (χ0) is 32.7. The van der Waals surface area contributed by atoms with Gasteiger partial charge in [0, 0.05) is 72.2 Å². The van der Waals surface area contributed by atoms with E-state index < -0.39 is 0 Å². The minimum Gasteiger partial charge on any atom is -0.384 e. The number of hydrogen-bond donors (Lipinski definition) is 4. The fraction of sp³-hybridized carbons (Fsp3) is 0.375. The van der Waals surface area contributed by atoms with Crippen LogP contribution in [0.3, 0.4) is 0 Å². The van der Waals surface area contributed by atoms with E-state index in [9.17, 15) is 9.59 Å². The molecule has 0 radical (unpaired) electrons. The third-order valence-corrected chi connectivity index (χ3v) is 9.98. The van der Waals surface area contributed by atoms with Gasteiger partial charge in [-0.3, -0.25) is 19.5 Å². The number of amides is 2. The molecule has 1 atom stereocenters. The number of likely N-dealkylation sites (tertiary alicyclic amines) is 1. The minimum atomic E-state index is -0.0558. The van der Waals surface area contributed by atoms with Gasteiger partial charge in [-0.25, -0.2) is 0 Å². The van der Waals surface area contributed by atoms with Gasteiger partial charge in [-0.15, -0.1) is 0 Å². The van der Waals surface area contributed by atoms with Crippen molar-refractivity contribution in [1.82, 2.24) is 25.5 Å². The highest BCUT2D eigenvalue weighted by Gasteiger charge is 2.26. The monoisotopic (exact) mass is 642 g/mol. The van der Waals surface area contributed by atoms with Crippen molar-refractivity contribution in [3.05, 3.63) is 107 Å². The highest BCUT2D eigenvalue weighted by atomic mass is 16.2. The molecule has 1 aliphatic heterocycles. The standard InChI is InChI=1S/C40H46N6O2/c47-39(43-23-20-30-25-44-35-13-4-1-10-32(30)35)29-18-16-28(17-19-29)26-46-24-7-9-31(27-46)40(48)42-22-8-21-41-38-33-11-2-5-14-36(33)45-37-15-6-3-12-34(37)38/h1-2,4-5,10-11,13-14,16-19,25,31,44H,3,6-9,12,15,20-24,26-27H2,(H,41,45)(H,42,48)(H,43,47)/t31-/m1/s1. The molecular weight excluding hydrogens is 596 g/mol. The number of fused-ring (bicyclic) bond motifs is 3. The number of nitrogens with zero attached hydrogens (tertiary/aromatic N) is 2. The summed E-state index contributed by atoms with van der Waals surface area (Å²) in [5.41, 5.74) is 9.06. The quantitative estimate of drug-likeness (QED) is 0.118. The van der Waals surface area contributed by atoms with E-state index in [1.54, 1.807) is 0 Å². The van der Waals surface area contributed by atoms with Crippen molar-refractivity contribution < 1.29 is 9.59 Å². The van der Waals surface area contributed by atoms with Gasteiger partial charge in [-0.05, 0) is 98.9 Å². The van der Waals surface area contributed by atoms with Crippen LogP contribution in [0.1, 0.15) is 64.8 Å². The summed E-state index contributed by atoms with van der Waals surface area (Å²) in [5, 5.41) is 12.4. The Balaban J connectivity index is 0.840. The fourth-order valence-corrected chi connectivity index (χ4v) is 7.42. The molecule has 1 aliphatic carbocycles. The summed E-state index contributed by atoms with van der Waals surface area (Å²) in [7, 11) is 0. The Kier molecular flexibility index (Phi) is 9.98. The number of aryl methyl sites for hydroxylation is 1. The average molecular weight is 643 g/mol. The van der Waals surface area contributed by atoms with E-state index in [1.807, 2.05) is 42.6 Å². The lowest BCUT2D eigenvalue weighted by Crippen LogP contribution is -2.43. The molecule has 2 aliphatic rings. The number of benzene rings is 3. The number of carbonyl (C=O) groups excluding carboxylic acids is 2. The molecule has 0 unspecified atom stereocenters. The number of carbonyl (C=O) groups is 2. The Morgan fingerprint density at radius 3 is 2.56 bits per heavy atom. The first kappa shape index (κ1) is 31.9. The number of hydrogen-bond acceptors (Lipinski definition) is 5. The number of para-hydroxylation sites is 2. The molecule has 4 N–H and O–H groups in total. The van der Waals surface area contributed by atoms with Crippen LogP contribution in [0.5, 0.6) is 0 Å². The van der Waals surface area contributed by atoms with Crippen molar-refractivity contribution in [2.75, 3.05) is 38.0 Å². The van der Waals surface area contributed by atoms with Gasteiger partial charge in [0.05, 0.1) is 11.4 Å². The normalized spacial score (nSPS) is 16.5. The largest absolute Gasteiger partial charge is 0.384 e. The van der Waals surface area contributed by atoms with Gasteiger partial charge in [-0.1, -0.05) is 48.5 Å². The van der Waals surface area contributed by atoms with Gasteiger partial charge in [0.25, 0.3) is 5.91 Å². The first-order chi connectivity index (χ1) is 23.6. The minimum absolute atomic E-state index is 0.00469. The van der Waals surface area contributed by atoms with Crippen molar-refractivity contribution >= 4 is 39.3 Å². The van der Waals surface area contributed by atoms with Crippen molar-refractivity contribution in [2.45, 2.75) is 57.9 Å². The summed E-state index contributed by atoms with van der Waals surface area (Å²) in [6, 6.07) is 24.5. The molecule has 8 heteroatoms. The highest BCUT2D eigenvalue weighted by Crippen LogP contribution is 2.33. The molecule has 0 spiro atoms. The summed E-state index contributed by atoms with van der Waals surface area (Å²) in [4.78, 5) is 36.5. The Labute approximate surface area is 282 Å². The third kappa shape index (κ3) is 7.39. The van der Waals surface area contributed by atoms with Gasteiger partial charge >= 0.3 is 0 Å². The SMILES string of the molecule is O=C(NCCc1c[nH]c2ccccc12)c1ccc(CN2CCC[C@@H](C(=O)NCCCNc3c4c(nc5ccccc35)CCCC4)C2)cc1. The average Bonchev–Trinajstić information content (AvgIpc) is 3.54. The molecule has 3 aromatic carbocycles. The molecule has 1 fully saturated rings. The molecule has 7 rings (SSSR count). The zero-order valence-corrected chi connectivity index (χ0v) is 27.7. The second-order valence-electron chi connectivity index (χ2n) is 13.3. The molecule has 248 valence electrons. The lowest BCUT2D eigenvalue weighted by molar-refractivity contribution is -0.126. The molecule has 0 saturated carbocycles. The molecule has 0 bridgehead atoms. The molecule has 2 aromatic heterocycles. The van der Waals surface area contributed by atoms with Crippen LogP contribution in [0.25, 0.3) is 21.8 Å². The summed E-state index contributed by atoms with van der Waals surface area (Å²) in [6.45, 7) is 4.58. The Morgan fingerprint density at radius 1 is 0.854 bits per heavy atom. The van der Waals surface area contributed by atoms with Crippen LogP contribution in [0.15, 0.2) is 79.0 Å². The maximum absolute atomic E-state index is 13.1. The van der Waals surface area contributed by atoms with Crippen LogP contribution >= 0.6 is 0 Å². The predicted molar refractivity (Wildman–Crippen MR) is 193 cm³/mol. The molecule has 2 amide bonds. The Morgan fingerprint density at radius 2 is 1.67 bits per heavy atom. The van der Waals surface area contributed by atoms with Crippen molar-refractivity contribution in [3.63, 3.8) is 0 Å². The number of rotatable bonds is 12. The first-order valence-electron chi connectivity index (χ1n) is 17.7. The first-order valence-corrected chi connectivity index (χ1v) is 17.7. The van der Waals surface area contributed by atoms with Crippen LogP contribution in [0, 0.1) is 5.92 Å². The number of aromatic amines is 1. The third-order valence-electron chi connectivity index (χ3n) is 9.98. The molecule has 3 heterocycles. The maximum atomic E-state index is 13.1. The van der Waals surface area contributed by atoms with Gasteiger partial charge in [0.15, 0.2) is 0 Å². The number of nitrogens with one attached hydrogen (secondary N) is 4. The van der Waals surface area contributed by atoms with Crippen molar-refractivity contribution in [3.8, 4) is 0 Å². The van der Waals surface area contributed by atoms with Crippen LogP contribution in [0.4, 0.5) is 5.69 Å². The van der Waals surface area contributed by atoms with Crippen molar-refractivity contribution in [2.24, 2.45) is 5.92 Å². The van der Waals surface area contributed by atoms with Gasteiger partial charge in [-0.2, -0.15) is 0 Å². The van der Waals surface area contributed by atoms with Crippen LogP contribution < -0.4 is 16.0 Å². The number of pyridine rings is 1. The van der Waals surface area contributed by atoms with Crippen LogP contribution in [-0.2, 0) is 30.6 Å². The highest BCUT2D eigenvalue weighted by molar-refractivity contribution is 5.94. The smallest absolute Gasteiger partial charge is 0.251 e. The second kappa shape index (κ2) is 15.0. The van der Waals surface area contributed by atoms with E-state index in [0.29, 0.717) is 18.7 Å². The lowest BCUT2D eigenvalue weighted by Gasteiger charge is -2.32. The van der Waals surface area contributed by atoms with Gasteiger partial charge in [0.1, 0.15) is 0 Å². The summed E-state index contributed by atoms with van der Waals surface area (Å²) in [6.07, 6.45) is 10.2. The molecule has 5 aromatic rings. The summed E-state index contributed by atoms with van der Waals surface area (Å²) in [5.74, 6) is 0.107. The number of anilines is 1. The van der Waals surface area contributed by atoms with E-state index in [-0.39, 0.29) is 17.7 Å². The maximum Gasteiger partial charge on any atom is 0.251 e. The van der Waals surface area contributed by atoms with E-state index in [2.05, 4.69) is 62.2 Å². The van der Waals surface area contributed by atoms with Gasteiger partial charge in [0.2, 0.25) is 5.91 Å². The van der Waals surface area contributed by atoms with Gasteiger partial charge < -0.3 is 20.9 Å². The lowest BCUT2D eigenvalue weighted by atomic mass is 9.92. The van der Waals surface area contributed by atoms with E-state index >= 15 is 0 Å². The molecule has 1 saturated heterocycles. The zero-order valence-electron chi connectivity index (χ0n) is 27.7. The fourth-order valence-electron chi connectivity index (χ4n) is 7.42. The second-order valence-corrected chi connectivity index (χ2v) is 13.3. The van der Waals surface area contributed by atoms with E-state index in [4.69, 9.17) is 4.98 Å². The molecule has 48 heavy (non-hydrogen) atoms. The van der Waals surface area contributed by atoms with E-state index in [1.165, 1.54) is 46.1 Å². The van der Waals surface area contributed by atoms with Crippen LogP contribution in [-0.4, -0.2) is 59.4 Å². The summed E-state index contributed by atoms with van der Waals surface area (Å²) < 4.78 is 0.